The zero-order valence-electron chi connectivity index (χ0n) is 22.3. The fourth-order valence-corrected chi connectivity index (χ4v) is 3.88. The molecule has 1 aliphatic heterocycles. The minimum absolute atomic E-state index is 0.514. The number of aryl methyl sites for hydroxylation is 1. The molecule has 0 fully saturated rings. The number of aliphatic hydroxyl groups is 1. The standard InChI is InChI=1S/C20H28ClN3O.C4H8.2C2H6/c1-4-13(2)11-23-18(25)12-24-17-8-10-22-9-7-15(17)19-16(21)6-5-14(3)20(19)24;1-3-4-2;2*1-2/h5-6,11,18,22-23,25H,4,7-10,12H2,1-3H3;3H,1,4H2,2H3;2*1-2H3/b13-11+;;;. The van der Waals surface area contributed by atoms with Crippen LogP contribution in [0.4, 0.5) is 0 Å². The van der Waals surface area contributed by atoms with Gasteiger partial charge in [0.2, 0.25) is 0 Å². The Hall–Kier alpha value is -1.75. The molecule has 4 nitrogen and oxygen atoms in total. The molecular weight excluding hydrogens is 430 g/mol. The highest BCUT2D eigenvalue weighted by molar-refractivity contribution is 6.36. The highest BCUT2D eigenvalue weighted by Crippen LogP contribution is 2.35. The van der Waals surface area contributed by atoms with Gasteiger partial charge >= 0.3 is 0 Å². The summed E-state index contributed by atoms with van der Waals surface area (Å²) in [4.78, 5) is 0. The fourth-order valence-electron chi connectivity index (χ4n) is 3.62. The van der Waals surface area contributed by atoms with Gasteiger partial charge in [0.1, 0.15) is 6.23 Å². The summed E-state index contributed by atoms with van der Waals surface area (Å²) < 4.78 is 2.27. The van der Waals surface area contributed by atoms with Crippen molar-refractivity contribution in [2.45, 2.75) is 93.8 Å². The van der Waals surface area contributed by atoms with Gasteiger partial charge in [0.25, 0.3) is 0 Å². The van der Waals surface area contributed by atoms with Gasteiger partial charge < -0.3 is 20.3 Å². The van der Waals surface area contributed by atoms with Crippen molar-refractivity contribution in [3.8, 4) is 0 Å². The number of nitrogens with zero attached hydrogens (tertiary/aromatic N) is 1. The number of aromatic nitrogens is 1. The van der Waals surface area contributed by atoms with E-state index >= 15 is 0 Å². The molecule has 3 N–H and O–H groups in total. The van der Waals surface area contributed by atoms with Crippen LogP contribution in [0.1, 0.15) is 78.1 Å². The number of benzene rings is 1. The first-order valence-electron chi connectivity index (χ1n) is 12.6. The van der Waals surface area contributed by atoms with Gasteiger partial charge in [0.05, 0.1) is 17.1 Å². The monoisotopic (exact) mass is 477 g/mol. The Morgan fingerprint density at radius 3 is 2.39 bits per heavy atom. The predicted molar refractivity (Wildman–Crippen MR) is 148 cm³/mol. The third-order valence-electron chi connectivity index (χ3n) is 5.39. The van der Waals surface area contributed by atoms with Crippen LogP contribution in [0, 0.1) is 6.92 Å². The summed E-state index contributed by atoms with van der Waals surface area (Å²) in [5, 5.41) is 19.1. The molecule has 1 aliphatic rings. The smallest absolute Gasteiger partial charge is 0.142 e. The van der Waals surface area contributed by atoms with E-state index < -0.39 is 6.23 Å². The molecule has 33 heavy (non-hydrogen) atoms. The molecule has 2 heterocycles. The van der Waals surface area contributed by atoms with Gasteiger partial charge in [-0.05, 0) is 63.0 Å². The van der Waals surface area contributed by atoms with Gasteiger partial charge in [-0.2, -0.15) is 0 Å². The number of nitrogens with one attached hydrogen (secondary N) is 2. The van der Waals surface area contributed by atoms with Crippen LogP contribution in [0.5, 0.6) is 0 Å². The molecule has 1 unspecified atom stereocenters. The summed E-state index contributed by atoms with van der Waals surface area (Å²) in [7, 11) is 0. The van der Waals surface area contributed by atoms with Crippen LogP contribution in [-0.2, 0) is 19.4 Å². The topological polar surface area (TPSA) is 49.2 Å². The van der Waals surface area contributed by atoms with E-state index in [1.54, 1.807) is 0 Å². The third kappa shape index (κ3) is 9.19. The molecule has 5 heteroatoms. The van der Waals surface area contributed by atoms with Crippen molar-refractivity contribution in [1.29, 1.82) is 0 Å². The van der Waals surface area contributed by atoms with E-state index in [1.807, 2.05) is 46.0 Å². The molecule has 0 saturated carbocycles. The molecule has 0 spiro atoms. The van der Waals surface area contributed by atoms with Crippen LogP contribution in [0.2, 0.25) is 5.02 Å². The van der Waals surface area contributed by atoms with Crippen molar-refractivity contribution in [3.63, 3.8) is 0 Å². The molecule has 0 radical (unpaired) electrons. The normalized spacial score (nSPS) is 13.7. The number of halogens is 1. The van der Waals surface area contributed by atoms with Crippen LogP contribution in [-0.4, -0.2) is 29.0 Å². The second-order valence-corrected chi connectivity index (χ2v) is 8.00. The van der Waals surface area contributed by atoms with Gasteiger partial charge in [0, 0.05) is 24.0 Å². The second-order valence-electron chi connectivity index (χ2n) is 7.60. The average molecular weight is 478 g/mol. The second kappa shape index (κ2) is 17.7. The fraction of sp³-hybridized carbons (Fsp3) is 0.571. The zero-order valence-corrected chi connectivity index (χ0v) is 23.1. The van der Waals surface area contributed by atoms with E-state index in [0.717, 1.165) is 54.7 Å². The van der Waals surface area contributed by atoms with Gasteiger partial charge in [-0.25, -0.2) is 0 Å². The highest BCUT2D eigenvalue weighted by atomic mass is 35.5. The molecule has 0 aliphatic carbocycles. The Morgan fingerprint density at radius 2 is 1.82 bits per heavy atom. The molecule has 0 bridgehead atoms. The van der Waals surface area contributed by atoms with Crippen molar-refractivity contribution in [2.75, 3.05) is 13.1 Å². The van der Waals surface area contributed by atoms with Crippen molar-refractivity contribution in [3.05, 3.63) is 58.4 Å². The average Bonchev–Trinajstić information content (AvgIpc) is 2.99. The van der Waals surface area contributed by atoms with Crippen LogP contribution in [0.25, 0.3) is 10.9 Å². The Labute approximate surface area is 208 Å². The number of aliphatic hydroxyl groups excluding tert-OH is 1. The zero-order chi connectivity index (χ0) is 25.4. The number of allylic oxidation sites excluding steroid dienone is 2. The lowest BCUT2D eigenvalue weighted by molar-refractivity contribution is 0.133. The molecular formula is C28H48ClN3O. The predicted octanol–water partition coefficient (Wildman–Crippen LogP) is 7.15. The van der Waals surface area contributed by atoms with Crippen LogP contribution < -0.4 is 10.6 Å². The van der Waals surface area contributed by atoms with E-state index in [9.17, 15) is 5.11 Å². The van der Waals surface area contributed by atoms with E-state index in [1.165, 1.54) is 22.4 Å². The SMILES string of the molecule is C=CCC.CC.CC.CC/C(C)=C/NC(O)Cn1c2c(c3c(Cl)ccc(C)c31)CCNCC2. The maximum atomic E-state index is 10.5. The van der Waals surface area contributed by atoms with Crippen molar-refractivity contribution in [1.82, 2.24) is 15.2 Å². The maximum Gasteiger partial charge on any atom is 0.142 e. The summed E-state index contributed by atoms with van der Waals surface area (Å²) in [6.07, 6.45) is 7.14. The van der Waals surface area contributed by atoms with Crippen molar-refractivity contribution < 1.29 is 5.11 Å². The first kappa shape index (κ1) is 31.2. The van der Waals surface area contributed by atoms with Gasteiger partial charge in [0.15, 0.2) is 0 Å². The lowest BCUT2D eigenvalue weighted by atomic mass is 10.1. The number of rotatable bonds is 6. The molecule has 1 aromatic carbocycles. The Balaban J connectivity index is 0.00000113. The quantitative estimate of drug-likeness (QED) is 0.306. The summed E-state index contributed by atoms with van der Waals surface area (Å²) in [5.74, 6) is 0. The maximum absolute atomic E-state index is 10.5. The molecule has 0 saturated heterocycles. The van der Waals surface area contributed by atoms with Gasteiger partial charge in [-0.15, -0.1) is 6.58 Å². The minimum atomic E-state index is -0.629. The summed E-state index contributed by atoms with van der Waals surface area (Å²) in [6, 6.07) is 4.06. The van der Waals surface area contributed by atoms with Crippen LogP contribution >= 0.6 is 11.6 Å². The van der Waals surface area contributed by atoms with Crippen LogP contribution in [0.3, 0.4) is 0 Å². The van der Waals surface area contributed by atoms with Gasteiger partial charge in [-0.1, -0.05) is 70.9 Å². The minimum Gasteiger partial charge on any atom is -0.372 e. The lowest BCUT2D eigenvalue weighted by Crippen LogP contribution is -2.30. The molecule has 0 amide bonds. The largest absolute Gasteiger partial charge is 0.372 e. The van der Waals surface area contributed by atoms with E-state index in [-0.39, 0.29) is 0 Å². The van der Waals surface area contributed by atoms with Crippen molar-refractivity contribution >= 4 is 22.5 Å². The number of fused-ring (bicyclic) bond motifs is 3. The molecule has 1 atom stereocenters. The Bertz CT molecular complexity index is 855. The van der Waals surface area contributed by atoms with E-state index in [0.29, 0.717) is 6.54 Å². The molecule has 188 valence electrons. The third-order valence-corrected chi connectivity index (χ3v) is 5.70. The molecule has 1 aromatic heterocycles. The summed E-state index contributed by atoms with van der Waals surface area (Å²) in [6.45, 7) is 22.3. The first-order chi connectivity index (χ1) is 15.9. The summed E-state index contributed by atoms with van der Waals surface area (Å²) in [5.41, 5.74) is 6.22. The van der Waals surface area contributed by atoms with E-state index in [4.69, 9.17) is 11.6 Å². The van der Waals surface area contributed by atoms with Crippen molar-refractivity contribution in [2.24, 2.45) is 0 Å². The molecule has 3 rings (SSSR count). The van der Waals surface area contributed by atoms with Gasteiger partial charge in [-0.3, -0.25) is 0 Å². The highest BCUT2D eigenvalue weighted by Gasteiger charge is 2.22. The lowest BCUT2D eigenvalue weighted by Gasteiger charge is -2.17. The Kier molecular flexibility index (Phi) is 16.8. The first-order valence-corrected chi connectivity index (χ1v) is 13.0. The van der Waals surface area contributed by atoms with Crippen LogP contribution in [0.15, 0.2) is 36.6 Å². The molecule has 2 aromatic rings. The Morgan fingerprint density at radius 1 is 1.21 bits per heavy atom. The van der Waals surface area contributed by atoms with E-state index in [2.05, 4.69) is 55.5 Å². The summed E-state index contributed by atoms with van der Waals surface area (Å²) >= 11 is 6.57. The number of hydrogen-bond donors (Lipinski definition) is 3. The number of hydrogen-bond acceptors (Lipinski definition) is 3.